The van der Waals surface area contributed by atoms with Crippen LogP contribution in [0, 0.1) is 5.82 Å². The molecule has 164 valence electrons. The molecule has 1 fully saturated rings. The van der Waals surface area contributed by atoms with Crippen LogP contribution in [-0.4, -0.2) is 26.1 Å². The number of unbranched alkanes of at least 4 members (excludes halogenated alkanes) is 1. The van der Waals surface area contributed by atoms with Gasteiger partial charge in [0.2, 0.25) is 15.3 Å². The molecule has 3 aromatic rings. The highest BCUT2D eigenvalue weighted by atomic mass is 35.5. The number of hydrogen-bond donors (Lipinski definition) is 0. The first-order chi connectivity index (χ1) is 14.8. The van der Waals surface area contributed by atoms with Crippen molar-refractivity contribution in [2.75, 3.05) is 18.0 Å². The number of aromatic nitrogens is 1. The van der Waals surface area contributed by atoms with Crippen molar-refractivity contribution in [3.8, 4) is 0 Å². The van der Waals surface area contributed by atoms with Crippen LogP contribution in [0.25, 0.3) is 10.9 Å². The van der Waals surface area contributed by atoms with E-state index in [9.17, 15) is 17.6 Å². The number of pyridine rings is 1. The molecule has 0 radical (unpaired) electrons. The van der Waals surface area contributed by atoms with Crippen LogP contribution >= 0.6 is 11.6 Å². The summed E-state index contributed by atoms with van der Waals surface area (Å²) in [5.41, 5.74) is 0.307. The van der Waals surface area contributed by atoms with E-state index >= 15 is 0 Å². The molecule has 0 saturated carbocycles. The highest BCUT2D eigenvalue weighted by Crippen LogP contribution is 2.30. The van der Waals surface area contributed by atoms with Gasteiger partial charge in [-0.3, -0.25) is 4.79 Å². The van der Waals surface area contributed by atoms with E-state index in [1.54, 1.807) is 16.7 Å². The molecule has 4 rings (SSSR count). The summed E-state index contributed by atoms with van der Waals surface area (Å²) in [6.07, 6.45) is 5.07. The van der Waals surface area contributed by atoms with E-state index in [0.29, 0.717) is 17.7 Å². The molecule has 1 aromatic heterocycles. The van der Waals surface area contributed by atoms with Crippen LogP contribution in [0.1, 0.15) is 32.6 Å². The van der Waals surface area contributed by atoms with E-state index in [-0.39, 0.29) is 20.2 Å². The SMILES string of the molecule is CCCCn1cc(S(=O)(=O)c2cccc(Cl)c2)c(=O)c2cc(F)c(N3CCCC3)cc21. The summed E-state index contributed by atoms with van der Waals surface area (Å²) < 4.78 is 43.3. The van der Waals surface area contributed by atoms with Gasteiger partial charge in [-0.25, -0.2) is 12.8 Å². The van der Waals surface area contributed by atoms with Gasteiger partial charge in [-0.15, -0.1) is 0 Å². The molecule has 0 amide bonds. The smallest absolute Gasteiger partial charge is 0.211 e. The van der Waals surface area contributed by atoms with Crippen molar-refractivity contribution in [2.24, 2.45) is 0 Å². The Labute approximate surface area is 186 Å². The molecular formula is C23H24ClFN2O3S. The Balaban J connectivity index is 1.96. The molecule has 0 bridgehead atoms. The van der Waals surface area contributed by atoms with Crippen LogP contribution in [0.4, 0.5) is 10.1 Å². The maximum atomic E-state index is 15.0. The van der Waals surface area contributed by atoms with Crippen molar-refractivity contribution in [1.29, 1.82) is 0 Å². The lowest BCUT2D eigenvalue weighted by Gasteiger charge is -2.21. The van der Waals surface area contributed by atoms with Gasteiger partial charge < -0.3 is 9.47 Å². The van der Waals surface area contributed by atoms with Crippen LogP contribution in [-0.2, 0) is 16.4 Å². The van der Waals surface area contributed by atoms with E-state index in [0.717, 1.165) is 38.8 Å². The molecule has 31 heavy (non-hydrogen) atoms. The Bertz CT molecular complexity index is 1300. The Kier molecular flexibility index (Phi) is 6.08. The molecule has 0 aliphatic carbocycles. The largest absolute Gasteiger partial charge is 0.369 e. The number of fused-ring (bicyclic) bond motifs is 1. The summed E-state index contributed by atoms with van der Waals surface area (Å²) in [5, 5.41) is 0.328. The van der Waals surface area contributed by atoms with Gasteiger partial charge in [0.05, 0.1) is 21.5 Å². The van der Waals surface area contributed by atoms with Crippen LogP contribution in [0.3, 0.4) is 0 Å². The fourth-order valence-corrected chi connectivity index (χ4v) is 5.71. The average molecular weight is 463 g/mol. The minimum Gasteiger partial charge on any atom is -0.369 e. The lowest BCUT2D eigenvalue weighted by atomic mass is 10.1. The number of sulfone groups is 1. The predicted molar refractivity (Wildman–Crippen MR) is 121 cm³/mol. The summed E-state index contributed by atoms with van der Waals surface area (Å²) in [7, 11) is -4.12. The fraction of sp³-hybridized carbons (Fsp3) is 0.348. The number of aryl methyl sites for hydroxylation is 1. The third-order valence-electron chi connectivity index (χ3n) is 5.71. The lowest BCUT2D eigenvalue weighted by molar-refractivity contribution is 0.590. The van der Waals surface area contributed by atoms with Gasteiger partial charge in [0.15, 0.2) is 0 Å². The molecule has 2 heterocycles. The molecule has 0 spiro atoms. The fourth-order valence-electron chi connectivity index (χ4n) is 4.04. The summed E-state index contributed by atoms with van der Waals surface area (Å²) in [6, 6.07) is 8.67. The second-order valence-corrected chi connectivity index (χ2v) is 10.2. The first-order valence-corrected chi connectivity index (χ1v) is 12.3. The van der Waals surface area contributed by atoms with Crippen LogP contribution in [0.15, 0.2) is 57.2 Å². The van der Waals surface area contributed by atoms with E-state index in [1.807, 2.05) is 11.8 Å². The zero-order chi connectivity index (χ0) is 22.2. The van der Waals surface area contributed by atoms with Gasteiger partial charge in [0.25, 0.3) is 0 Å². The first kappa shape index (κ1) is 21.8. The van der Waals surface area contributed by atoms with Gasteiger partial charge in [0, 0.05) is 30.9 Å². The number of benzene rings is 2. The van der Waals surface area contributed by atoms with Crippen molar-refractivity contribution in [1.82, 2.24) is 4.57 Å². The standard InChI is InChI=1S/C23H24ClFN2O3S/c1-2-3-9-27-15-22(31(29,30)17-8-6-7-16(24)12-17)23(28)18-13-19(25)21(14-20(18)27)26-10-4-5-11-26/h6-8,12-15H,2-5,9-11H2,1H3. The number of nitrogens with zero attached hydrogens (tertiary/aromatic N) is 2. The maximum Gasteiger partial charge on any atom is 0.211 e. The Morgan fingerprint density at radius 2 is 1.87 bits per heavy atom. The monoisotopic (exact) mass is 462 g/mol. The summed E-state index contributed by atoms with van der Waals surface area (Å²) in [5.74, 6) is -0.508. The van der Waals surface area contributed by atoms with Crippen molar-refractivity contribution in [3.63, 3.8) is 0 Å². The van der Waals surface area contributed by atoms with E-state index in [2.05, 4.69) is 0 Å². The molecule has 8 heteroatoms. The molecule has 2 aromatic carbocycles. The Morgan fingerprint density at radius 3 is 2.55 bits per heavy atom. The lowest BCUT2D eigenvalue weighted by Crippen LogP contribution is -2.22. The van der Waals surface area contributed by atoms with Crippen LogP contribution < -0.4 is 10.3 Å². The number of rotatable bonds is 6. The Morgan fingerprint density at radius 1 is 1.13 bits per heavy atom. The van der Waals surface area contributed by atoms with Gasteiger partial charge in [0.1, 0.15) is 10.7 Å². The highest BCUT2D eigenvalue weighted by Gasteiger charge is 2.26. The molecule has 0 N–H and O–H groups in total. The van der Waals surface area contributed by atoms with Crippen LogP contribution in [0.5, 0.6) is 0 Å². The first-order valence-electron chi connectivity index (χ1n) is 10.4. The molecular weight excluding hydrogens is 439 g/mol. The van der Waals surface area contributed by atoms with Gasteiger partial charge in [-0.05, 0) is 49.6 Å². The molecule has 1 aliphatic rings. The zero-order valence-corrected chi connectivity index (χ0v) is 18.8. The minimum atomic E-state index is -4.12. The number of anilines is 1. The van der Waals surface area contributed by atoms with Gasteiger partial charge >= 0.3 is 0 Å². The summed E-state index contributed by atoms with van der Waals surface area (Å²) >= 11 is 5.97. The van der Waals surface area contributed by atoms with Crippen molar-refractivity contribution in [2.45, 2.75) is 48.9 Å². The van der Waals surface area contributed by atoms with E-state index in [4.69, 9.17) is 11.6 Å². The molecule has 1 saturated heterocycles. The van der Waals surface area contributed by atoms with Crippen molar-refractivity contribution in [3.05, 3.63) is 63.7 Å². The summed E-state index contributed by atoms with van der Waals surface area (Å²) in [4.78, 5) is 14.8. The molecule has 0 atom stereocenters. The highest BCUT2D eigenvalue weighted by molar-refractivity contribution is 7.91. The van der Waals surface area contributed by atoms with Crippen molar-refractivity contribution >= 4 is 38.0 Å². The second-order valence-electron chi connectivity index (χ2n) is 7.85. The second kappa shape index (κ2) is 8.63. The topological polar surface area (TPSA) is 59.4 Å². The predicted octanol–water partition coefficient (Wildman–Crippen LogP) is 5.03. The Hall–Kier alpha value is -2.38. The summed E-state index contributed by atoms with van der Waals surface area (Å²) in [6.45, 7) is 4.09. The third kappa shape index (κ3) is 4.08. The third-order valence-corrected chi connectivity index (χ3v) is 7.69. The molecule has 0 unspecified atom stereocenters. The maximum absolute atomic E-state index is 15.0. The zero-order valence-electron chi connectivity index (χ0n) is 17.3. The average Bonchev–Trinajstić information content (AvgIpc) is 3.27. The quantitative estimate of drug-likeness (QED) is 0.515. The normalized spacial score (nSPS) is 14.5. The minimum absolute atomic E-state index is 0.0624. The van der Waals surface area contributed by atoms with Crippen LogP contribution in [0.2, 0.25) is 5.02 Å². The van der Waals surface area contributed by atoms with Gasteiger partial charge in [-0.1, -0.05) is 31.0 Å². The number of halogens is 2. The number of hydrogen-bond acceptors (Lipinski definition) is 4. The van der Waals surface area contributed by atoms with Gasteiger partial charge in [-0.2, -0.15) is 0 Å². The van der Waals surface area contributed by atoms with Crippen molar-refractivity contribution < 1.29 is 12.8 Å². The molecule has 5 nitrogen and oxygen atoms in total. The molecule has 1 aliphatic heterocycles. The van der Waals surface area contributed by atoms with E-state index < -0.39 is 21.1 Å². The van der Waals surface area contributed by atoms with E-state index in [1.165, 1.54) is 30.5 Å².